The number of carbonyl (C=O) groups excluding carboxylic acids is 1. The molecule has 82 valence electrons. The number of rotatable bonds is 5. The Hall–Kier alpha value is -1.31. The lowest BCUT2D eigenvalue weighted by Gasteiger charge is -2.12. The van der Waals surface area contributed by atoms with Gasteiger partial charge in [0.05, 0.1) is 0 Å². The first kappa shape index (κ1) is 11.8. The molecule has 0 aromatic heterocycles. The maximum absolute atomic E-state index is 11.7. The number of carbonyl (C=O) groups is 1. The number of nitrogens with one attached hydrogen (secondary N) is 1. The molecule has 0 aliphatic carbocycles. The standard InChI is InChI=1S/C13H19NO/c1-3-12(4-2)13(15)14-10-11-8-6-5-7-9-11/h5-9,12H,3-4,10H2,1-2H3,(H,14,15). The molecule has 2 nitrogen and oxygen atoms in total. The number of hydrogen-bond acceptors (Lipinski definition) is 1. The Bertz CT molecular complexity index is 291. The summed E-state index contributed by atoms with van der Waals surface area (Å²) >= 11 is 0. The molecule has 0 spiro atoms. The van der Waals surface area contributed by atoms with Gasteiger partial charge in [-0.15, -0.1) is 0 Å². The summed E-state index contributed by atoms with van der Waals surface area (Å²) in [6.45, 7) is 4.74. The Morgan fingerprint density at radius 2 is 1.80 bits per heavy atom. The van der Waals surface area contributed by atoms with Crippen LogP contribution in [0.5, 0.6) is 0 Å². The highest BCUT2D eigenvalue weighted by molar-refractivity contribution is 5.78. The average molecular weight is 205 g/mol. The van der Waals surface area contributed by atoms with Gasteiger partial charge >= 0.3 is 0 Å². The second-order valence-electron chi connectivity index (χ2n) is 3.72. The zero-order chi connectivity index (χ0) is 11.1. The van der Waals surface area contributed by atoms with Crippen molar-refractivity contribution in [3.05, 3.63) is 35.9 Å². The number of benzene rings is 1. The maximum atomic E-state index is 11.7. The summed E-state index contributed by atoms with van der Waals surface area (Å²) in [4.78, 5) is 11.7. The van der Waals surface area contributed by atoms with E-state index in [-0.39, 0.29) is 11.8 Å². The smallest absolute Gasteiger partial charge is 0.223 e. The van der Waals surface area contributed by atoms with Crippen LogP contribution in [-0.2, 0) is 11.3 Å². The molecule has 0 saturated heterocycles. The summed E-state index contributed by atoms with van der Waals surface area (Å²) in [7, 11) is 0. The van der Waals surface area contributed by atoms with Gasteiger partial charge in [-0.25, -0.2) is 0 Å². The third-order valence-electron chi connectivity index (χ3n) is 2.67. The topological polar surface area (TPSA) is 29.1 Å². The third-order valence-corrected chi connectivity index (χ3v) is 2.67. The quantitative estimate of drug-likeness (QED) is 0.786. The minimum atomic E-state index is 0.161. The molecule has 0 bridgehead atoms. The van der Waals surface area contributed by atoms with Crippen LogP contribution in [0.4, 0.5) is 0 Å². The van der Waals surface area contributed by atoms with Crippen LogP contribution in [0.15, 0.2) is 30.3 Å². The lowest BCUT2D eigenvalue weighted by molar-refractivity contribution is -0.125. The monoisotopic (exact) mass is 205 g/mol. The van der Waals surface area contributed by atoms with E-state index in [4.69, 9.17) is 0 Å². The van der Waals surface area contributed by atoms with Crippen molar-refractivity contribution in [3.63, 3.8) is 0 Å². The predicted molar refractivity (Wildman–Crippen MR) is 62.4 cm³/mol. The van der Waals surface area contributed by atoms with Crippen molar-refractivity contribution >= 4 is 5.91 Å². The highest BCUT2D eigenvalue weighted by Crippen LogP contribution is 2.07. The Kier molecular flexibility index (Phi) is 4.88. The molecule has 0 heterocycles. The molecule has 1 amide bonds. The molecule has 1 aromatic carbocycles. The summed E-state index contributed by atoms with van der Waals surface area (Å²) in [5, 5.41) is 2.96. The van der Waals surface area contributed by atoms with E-state index in [0.717, 1.165) is 18.4 Å². The first-order valence-corrected chi connectivity index (χ1v) is 5.59. The molecule has 1 rings (SSSR count). The van der Waals surface area contributed by atoms with Crippen molar-refractivity contribution in [2.75, 3.05) is 0 Å². The second-order valence-corrected chi connectivity index (χ2v) is 3.72. The molecule has 0 unspecified atom stereocenters. The minimum Gasteiger partial charge on any atom is -0.352 e. The fraction of sp³-hybridized carbons (Fsp3) is 0.462. The van der Waals surface area contributed by atoms with Crippen LogP contribution in [0.25, 0.3) is 0 Å². The summed E-state index contributed by atoms with van der Waals surface area (Å²) < 4.78 is 0. The van der Waals surface area contributed by atoms with Crippen molar-refractivity contribution in [1.82, 2.24) is 5.32 Å². The minimum absolute atomic E-state index is 0.161. The lowest BCUT2D eigenvalue weighted by Crippen LogP contribution is -2.29. The van der Waals surface area contributed by atoms with E-state index in [9.17, 15) is 4.79 Å². The highest BCUT2D eigenvalue weighted by Gasteiger charge is 2.12. The van der Waals surface area contributed by atoms with E-state index in [1.807, 2.05) is 30.3 Å². The molecular formula is C13H19NO. The molecule has 0 aliphatic rings. The van der Waals surface area contributed by atoms with Crippen molar-refractivity contribution in [2.45, 2.75) is 33.2 Å². The van der Waals surface area contributed by atoms with Crippen LogP contribution in [0.3, 0.4) is 0 Å². The molecule has 1 aromatic rings. The van der Waals surface area contributed by atoms with E-state index in [1.165, 1.54) is 0 Å². The van der Waals surface area contributed by atoms with E-state index < -0.39 is 0 Å². The third kappa shape index (κ3) is 3.74. The van der Waals surface area contributed by atoms with Crippen molar-refractivity contribution in [1.29, 1.82) is 0 Å². The number of amides is 1. The van der Waals surface area contributed by atoms with Gasteiger partial charge in [-0.3, -0.25) is 4.79 Å². The predicted octanol–water partition coefficient (Wildman–Crippen LogP) is 2.74. The summed E-state index contributed by atoms with van der Waals surface area (Å²) in [5.41, 5.74) is 1.15. The van der Waals surface area contributed by atoms with Crippen LogP contribution in [-0.4, -0.2) is 5.91 Å². The van der Waals surface area contributed by atoms with Gasteiger partial charge in [0, 0.05) is 12.5 Å². The maximum Gasteiger partial charge on any atom is 0.223 e. The van der Waals surface area contributed by atoms with Crippen LogP contribution >= 0.6 is 0 Å². The molecule has 15 heavy (non-hydrogen) atoms. The zero-order valence-electron chi connectivity index (χ0n) is 9.49. The average Bonchev–Trinajstić information content (AvgIpc) is 2.29. The SMILES string of the molecule is CCC(CC)C(=O)NCc1ccccc1. The number of hydrogen-bond donors (Lipinski definition) is 1. The molecule has 1 N–H and O–H groups in total. The van der Waals surface area contributed by atoms with Gasteiger partial charge in [-0.05, 0) is 18.4 Å². The van der Waals surface area contributed by atoms with Gasteiger partial charge in [0.25, 0.3) is 0 Å². The van der Waals surface area contributed by atoms with Crippen molar-refractivity contribution in [2.24, 2.45) is 5.92 Å². The molecule has 0 atom stereocenters. The largest absolute Gasteiger partial charge is 0.352 e. The van der Waals surface area contributed by atoms with E-state index in [2.05, 4.69) is 19.2 Å². The van der Waals surface area contributed by atoms with Crippen molar-refractivity contribution in [3.8, 4) is 0 Å². The summed E-state index contributed by atoms with van der Waals surface area (Å²) in [6, 6.07) is 9.99. The summed E-state index contributed by atoms with van der Waals surface area (Å²) in [6.07, 6.45) is 1.83. The molecule has 0 fully saturated rings. The fourth-order valence-corrected chi connectivity index (χ4v) is 1.59. The lowest BCUT2D eigenvalue weighted by atomic mass is 10.0. The van der Waals surface area contributed by atoms with Crippen LogP contribution in [0.2, 0.25) is 0 Å². The van der Waals surface area contributed by atoms with Crippen molar-refractivity contribution < 1.29 is 4.79 Å². The van der Waals surface area contributed by atoms with E-state index >= 15 is 0 Å². The molecular weight excluding hydrogens is 186 g/mol. The molecule has 0 radical (unpaired) electrons. The first-order valence-electron chi connectivity index (χ1n) is 5.59. The normalized spacial score (nSPS) is 10.3. The first-order chi connectivity index (χ1) is 7.27. The van der Waals surface area contributed by atoms with Crippen LogP contribution in [0, 0.1) is 5.92 Å². The summed E-state index contributed by atoms with van der Waals surface area (Å²) in [5.74, 6) is 0.331. The highest BCUT2D eigenvalue weighted by atomic mass is 16.1. The van der Waals surface area contributed by atoms with Gasteiger partial charge < -0.3 is 5.32 Å². The second kappa shape index (κ2) is 6.23. The Balaban J connectivity index is 2.40. The Labute approximate surface area is 91.7 Å². The van der Waals surface area contributed by atoms with Crippen LogP contribution in [0.1, 0.15) is 32.3 Å². The van der Waals surface area contributed by atoms with E-state index in [0.29, 0.717) is 6.54 Å². The Morgan fingerprint density at radius 1 is 1.20 bits per heavy atom. The van der Waals surface area contributed by atoms with Gasteiger partial charge in [-0.1, -0.05) is 44.2 Å². The van der Waals surface area contributed by atoms with Crippen LogP contribution < -0.4 is 5.32 Å². The molecule has 2 heteroatoms. The van der Waals surface area contributed by atoms with Gasteiger partial charge in [0.2, 0.25) is 5.91 Å². The van der Waals surface area contributed by atoms with Gasteiger partial charge in [0.1, 0.15) is 0 Å². The van der Waals surface area contributed by atoms with E-state index in [1.54, 1.807) is 0 Å². The molecule has 0 saturated carbocycles. The fourth-order valence-electron chi connectivity index (χ4n) is 1.59. The molecule has 0 aliphatic heterocycles. The zero-order valence-corrected chi connectivity index (χ0v) is 9.49. The van der Waals surface area contributed by atoms with Gasteiger partial charge in [0.15, 0.2) is 0 Å². The Morgan fingerprint density at radius 3 is 2.33 bits per heavy atom. The van der Waals surface area contributed by atoms with Gasteiger partial charge in [-0.2, -0.15) is 0 Å².